The van der Waals surface area contributed by atoms with Crippen molar-refractivity contribution in [1.29, 1.82) is 0 Å². The summed E-state index contributed by atoms with van der Waals surface area (Å²) in [5.41, 5.74) is 0. The summed E-state index contributed by atoms with van der Waals surface area (Å²) in [6.45, 7) is 2.10. The first-order valence-corrected chi connectivity index (χ1v) is 7.54. The largest absolute Gasteiger partial charge is 0.354 e. The molecule has 1 saturated heterocycles. The molecule has 7 heteroatoms. The lowest BCUT2D eigenvalue weighted by molar-refractivity contribution is -0.127. The van der Waals surface area contributed by atoms with Crippen LogP contribution in [0, 0.1) is 0 Å². The minimum Gasteiger partial charge on any atom is -0.354 e. The number of sulfone groups is 1. The summed E-state index contributed by atoms with van der Waals surface area (Å²) >= 11 is 0. The third-order valence-electron chi connectivity index (χ3n) is 2.66. The number of hydrogen-bond donors (Lipinski definition) is 2. The molecule has 1 heterocycles. The van der Waals surface area contributed by atoms with Gasteiger partial charge in [-0.25, -0.2) is 8.42 Å². The van der Waals surface area contributed by atoms with Crippen molar-refractivity contribution in [3.05, 3.63) is 0 Å². The average molecular weight is 262 g/mol. The molecule has 2 amide bonds. The standard InChI is InChI=1S/C10H18N2O4S/c1-2-17(15,16)7-9(13)12-8-5-3-4-6-11-10(8)14/h8H,2-7H2,1H3,(H,11,14)(H,12,13). The first-order valence-electron chi connectivity index (χ1n) is 5.72. The Hall–Kier alpha value is -1.11. The van der Waals surface area contributed by atoms with Crippen LogP contribution in [0.25, 0.3) is 0 Å². The van der Waals surface area contributed by atoms with Crippen molar-refractivity contribution in [3.8, 4) is 0 Å². The molecule has 98 valence electrons. The monoisotopic (exact) mass is 262 g/mol. The van der Waals surface area contributed by atoms with Crippen molar-refractivity contribution in [1.82, 2.24) is 10.6 Å². The van der Waals surface area contributed by atoms with Crippen LogP contribution in [0.5, 0.6) is 0 Å². The quantitative estimate of drug-likeness (QED) is 0.694. The van der Waals surface area contributed by atoms with Gasteiger partial charge in [-0.15, -0.1) is 0 Å². The number of amides is 2. The Morgan fingerprint density at radius 3 is 2.82 bits per heavy atom. The van der Waals surface area contributed by atoms with Crippen LogP contribution >= 0.6 is 0 Å². The zero-order chi connectivity index (χ0) is 12.9. The Morgan fingerprint density at radius 1 is 1.47 bits per heavy atom. The molecule has 2 N–H and O–H groups in total. The van der Waals surface area contributed by atoms with Gasteiger partial charge in [-0.1, -0.05) is 6.92 Å². The SMILES string of the molecule is CCS(=O)(=O)CC(=O)NC1CCCCNC1=O. The molecular formula is C10H18N2O4S. The fourth-order valence-electron chi connectivity index (χ4n) is 1.61. The van der Waals surface area contributed by atoms with E-state index in [2.05, 4.69) is 10.6 Å². The van der Waals surface area contributed by atoms with Gasteiger partial charge >= 0.3 is 0 Å². The Morgan fingerprint density at radius 2 is 2.18 bits per heavy atom. The fourth-order valence-corrected chi connectivity index (χ4v) is 2.30. The van der Waals surface area contributed by atoms with Gasteiger partial charge < -0.3 is 10.6 Å². The van der Waals surface area contributed by atoms with Crippen molar-refractivity contribution in [2.45, 2.75) is 32.2 Å². The highest BCUT2D eigenvalue weighted by Gasteiger charge is 2.24. The van der Waals surface area contributed by atoms with Crippen molar-refractivity contribution in [3.63, 3.8) is 0 Å². The van der Waals surface area contributed by atoms with E-state index >= 15 is 0 Å². The van der Waals surface area contributed by atoms with E-state index in [1.165, 1.54) is 6.92 Å². The molecular weight excluding hydrogens is 244 g/mol. The van der Waals surface area contributed by atoms with Crippen LogP contribution in [0.15, 0.2) is 0 Å². The first-order chi connectivity index (χ1) is 7.94. The normalized spacial score (nSPS) is 21.5. The summed E-state index contributed by atoms with van der Waals surface area (Å²) in [4.78, 5) is 23.0. The molecule has 0 saturated carbocycles. The highest BCUT2D eigenvalue weighted by molar-refractivity contribution is 7.92. The van der Waals surface area contributed by atoms with Crippen LogP contribution in [0.1, 0.15) is 26.2 Å². The van der Waals surface area contributed by atoms with Crippen LogP contribution in [-0.4, -0.2) is 44.3 Å². The molecule has 0 radical (unpaired) electrons. The maximum Gasteiger partial charge on any atom is 0.242 e. The number of hydrogen-bond acceptors (Lipinski definition) is 4. The maximum absolute atomic E-state index is 11.5. The molecule has 1 fully saturated rings. The lowest BCUT2D eigenvalue weighted by Crippen LogP contribution is -2.47. The van der Waals surface area contributed by atoms with E-state index in [0.717, 1.165) is 12.8 Å². The highest BCUT2D eigenvalue weighted by Crippen LogP contribution is 2.05. The summed E-state index contributed by atoms with van der Waals surface area (Å²) in [6.07, 6.45) is 2.28. The van der Waals surface area contributed by atoms with Gasteiger partial charge in [-0.05, 0) is 19.3 Å². The molecule has 0 bridgehead atoms. The van der Waals surface area contributed by atoms with E-state index in [1.54, 1.807) is 0 Å². The summed E-state index contributed by atoms with van der Waals surface area (Å²) in [5.74, 6) is -1.46. The van der Waals surface area contributed by atoms with Crippen LogP contribution in [-0.2, 0) is 19.4 Å². The number of carbonyl (C=O) groups is 2. The van der Waals surface area contributed by atoms with E-state index in [4.69, 9.17) is 0 Å². The van der Waals surface area contributed by atoms with Crippen molar-refractivity contribution in [2.24, 2.45) is 0 Å². The van der Waals surface area contributed by atoms with Crippen LogP contribution in [0.3, 0.4) is 0 Å². The zero-order valence-corrected chi connectivity index (χ0v) is 10.7. The third kappa shape index (κ3) is 4.72. The van der Waals surface area contributed by atoms with Gasteiger partial charge in [0.2, 0.25) is 11.8 Å². The topological polar surface area (TPSA) is 92.3 Å². The first kappa shape index (κ1) is 14.0. The molecule has 1 atom stereocenters. The van der Waals surface area contributed by atoms with Gasteiger partial charge in [0.1, 0.15) is 11.8 Å². The Kier molecular flexibility index (Phi) is 4.92. The smallest absolute Gasteiger partial charge is 0.242 e. The molecule has 17 heavy (non-hydrogen) atoms. The molecule has 1 aliphatic heterocycles. The second kappa shape index (κ2) is 6.00. The van der Waals surface area contributed by atoms with Gasteiger partial charge in [-0.2, -0.15) is 0 Å². The highest BCUT2D eigenvalue weighted by atomic mass is 32.2. The molecule has 1 aliphatic rings. The second-order valence-corrected chi connectivity index (χ2v) is 6.44. The van der Waals surface area contributed by atoms with E-state index in [-0.39, 0.29) is 11.7 Å². The zero-order valence-electron chi connectivity index (χ0n) is 9.86. The number of rotatable bonds is 4. The summed E-state index contributed by atoms with van der Waals surface area (Å²) in [7, 11) is -3.34. The molecule has 0 aromatic heterocycles. The summed E-state index contributed by atoms with van der Waals surface area (Å²) < 4.78 is 22.5. The van der Waals surface area contributed by atoms with E-state index in [9.17, 15) is 18.0 Å². The van der Waals surface area contributed by atoms with E-state index < -0.39 is 27.5 Å². The summed E-state index contributed by atoms with van der Waals surface area (Å²) in [5, 5.41) is 5.14. The molecule has 0 aromatic rings. The van der Waals surface area contributed by atoms with E-state index in [0.29, 0.717) is 13.0 Å². The Balaban J connectivity index is 2.52. The molecule has 0 spiro atoms. The van der Waals surface area contributed by atoms with Gasteiger partial charge in [-0.3, -0.25) is 9.59 Å². The maximum atomic E-state index is 11.5. The minimum atomic E-state index is -3.34. The van der Waals surface area contributed by atoms with Crippen molar-refractivity contribution >= 4 is 21.7 Å². The lowest BCUT2D eigenvalue weighted by Gasteiger charge is -2.14. The van der Waals surface area contributed by atoms with Crippen LogP contribution in [0.4, 0.5) is 0 Å². The van der Waals surface area contributed by atoms with Crippen LogP contribution < -0.4 is 10.6 Å². The number of nitrogens with one attached hydrogen (secondary N) is 2. The molecule has 1 rings (SSSR count). The fraction of sp³-hybridized carbons (Fsp3) is 0.800. The molecule has 6 nitrogen and oxygen atoms in total. The summed E-state index contributed by atoms with van der Waals surface area (Å²) in [6, 6.07) is -0.600. The van der Waals surface area contributed by atoms with Gasteiger partial charge in [0, 0.05) is 12.3 Å². The molecule has 0 aromatic carbocycles. The predicted molar refractivity (Wildman–Crippen MR) is 63.1 cm³/mol. The van der Waals surface area contributed by atoms with Gasteiger partial charge in [0.15, 0.2) is 9.84 Å². The van der Waals surface area contributed by atoms with Gasteiger partial charge in [0.05, 0.1) is 0 Å². The minimum absolute atomic E-state index is 0.0721. The molecule has 1 unspecified atom stereocenters. The van der Waals surface area contributed by atoms with Crippen molar-refractivity contribution in [2.75, 3.05) is 18.1 Å². The van der Waals surface area contributed by atoms with E-state index in [1.807, 2.05) is 0 Å². The van der Waals surface area contributed by atoms with Crippen molar-refractivity contribution < 1.29 is 18.0 Å². The second-order valence-electron chi connectivity index (χ2n) is 4.08. The Bertz CT molecular complexity index is 391. The average Bonchev–Trinajstić information content (AvgIpc) is 2.44. The predicted octanol–water partition coefficient (Wildman–Crippen LogP) is -0.794. The Labute approximate surface area is 101 Å². The van der Waals surface area contributed by atoms with Gasteiger partial charge in [0.25, 0.3) is 0 Å². The van der Waals surface area contributed by atoms with Crippen LogP contribution in [0.2, 0.25) is 0 Å². The molecule has 0 aliphatic carbocycles. The lowest BCUT2D eigenvalue weighted by atomic mass is 10.1. The third-order valence-corrected chi connectivity index (χ3v) is 4.24. The number of carbonyl (C=O) groups excluding carboxylic acids is 2.